The summed E-state index contributed by atoms with van der Waals surface area (Å²) in [5.74, 6) is -1.09. The Kier molecular flexibility index (Phi) is 4.64. The molecule has 1 aliphatic rings. The second-order valence-electron chi connectivity index (χ2n) is 6.23. The van der Waals surface area contributed by atoms with Crippen molar-refractivity contribution in [3.8, 4) is 0 Å². The first-order valence-electron chi connectivity index (χ1n) is 8.26. The van der Waals surface area contributed by atoms with Crippen molar-refractivity contribution in [1.82, 2.24) is 0 Å². The molecule has 0 aromatic heterocycles. The van der Waals surface area contributed by atoms with Gasteiger partial charge in [0.25, 0.3) is 5.91 Å². The average molecular weight is 500 g/mol. The largest absolute Gasteiger partial charge is 0.397 e. The molecule has 7 heteroatoms. The van der Waals surface area contributed by atoms with Crippen molar-refractivity contribution in [2.75, 3.05) is 11.1 Å². The van der Waals surface area contributed by atoms with Crippen molar-refractivity contribution in [3.63, 3.8) is 0 Å². The van der Waals surface area contributed by atoms with Crippen LogP contribution >= 0.6 is 31.9 Å². The quantitative estimate of drug-likeness (QED) is 0.387. The van der Waals surface area contributed by atoms with E-state index in [1.165, 1.54) is 0 Å². The smallest absolute Gasteiger partial charge is 0.255 e. The average Bonchev–Trinajstić information content (AvgIpc) is 2.69. The van der Waals surface area contributed by atoms with Gasteiger partial charge in [-0.3, -0.25) is 14.4 Å². The Morgan fingerprint density at radius 1 is 0.857 bits per heavy atom. The molecule has 1 amide bonds. The summed E-state index contributed by atoms with van der Waals surface area (Å²) in [6, 6.07) is 14.9. The van der Waals surface area contributed by atoms with Crippen LogP contribution in [0.25, 0.3) is 0 Å². The number of halogens is 2. The van der Waals surface area contributed by atoms with Crippen LogP contribution in [0.5, 0.6) is 0 Å². The summed E-state index contributed by atoms with van der Waals surface area (Å²) in [7, 11) is 0. The van der Waals surface area contributed by atoms with Crippen LogP contribution in [0.4, 0.5) is 11.4 Å². The van der Waals surface area contributed by atoms with Crippen molar-refractivity contribution in [3.05, 3.63) is 91.4 Å². The Morgan fingerprint density at radius 2 is 1.43 bits per heavy atom. The van der Waals surface area contributed by atoms with E-state index in [1.807, 2.05) is 0 Å². The van der Waals surface area contributed by atoms with Gasteiger partial charge in [-0.15, -0.1) is 0 Å². The fourth-order valence-corrected chi connectivity index (χ4v) is 3.87. The Balaban J connectivity index is 1.85. The lowest BCUT2D eigenvalue weighted by atomic mass is 9.82. The molecular formula is C21H12Br2N2O3. The van der Waals surface area contributed by atoms with Gasteiger partial charge in [0.15, 0.2) is 11.6 Å². The van der Waals surface area contributed by atoms with E-state index in [0.29, 0.717) is 21.2 Å². The van der Waals surface area contributed by atoms with Crippen LogP contribution in [0.2, 0.25) is 0 Å². The Hall–Kier alpha value is -2.77. The lowest BCUT2D eigenvalue weighted by Gasteiger charge is -2.22. The summed E-state index contributed by atoms with van der Waals surface area (Å²) in [6.07, 6.45) is 0. The van der Waals surface area contributed by atoms with Crippen LogP contribution in [0.15, 0.2) is 63.5 Å². The molecule has 0 heterocycles. The van der Waals surface area contributed by atoms with Crippen molar-refractivity contribution in [1.29, 1.82) is 0 Å². The van der Waals surface area contributed by atoms with E-state index in [9.17, 15) is 14.4 Å². The van der Waals surface area contributed by atoms with Crippen LogP contribution in [0.3, 0.4) is 0 Å². The number of amides is 1. The number of fused-ring (bicyclic) bond motifs is 2. The summed E-state index contributed by atoms with van der Waals surface area (Å²) in [4.78, 5) is 38.8. The molecule has 0 saturated carbocycles. The lowest BCUT2D eigenvalue weighted by molar-refractivity contribution is 0.0979. The number of anilines is 2. The van der Waals surface area contributed by atoms with E-state index in [4.69, 9.17) is 5.73 Å². The minimum absolute atomic E-state index is 0.101. The zero-order chi connectivity index (χ0) is 20.0. The lowest BCUT2D eigenvalue weighted by Crippen LogP contribution is -2.25. The fraction of sp³-hybridized carbons (Fsp3) is 0. The van der Waals surface area contributed by atoms with Gasteiger partial charge in [-0.2, -0.15) is 0 Å². The van der Waals surface area contributed by atoms with Crippen LogP contribution in [0, 0.1) is 0 Å². The van der Waals surface area contributed by atoms with Crippen molar-refractivity contribution in [2.45, 2.75) is 0 Å². The monoisotopic (exact) mass is 498 g/mol. The number of nitrogens with two attached hydrogens (primary N) is 1. The summed E-state index contributed by atoms with van der Waals surface area (Å²) >= 11 is 6.65. The first-order chi connectivity index (χ1) is 13.4. The molecular weight excluding hydrogens is 488 g/mol. The number of carbonyl (C=O) groups excluding carboxylic acids is 3. The number of nitrogens with one attached hydrogen (secondary N) is 1. The predicted molar refractivity (Wildman–Crippen MR) is 114 cm³/mol. The Bertz CT molecular complexity index is 1170. The van der Waals surface area contributed by atoms with E-state index in [2.05, 4.69) is 37.2 Å². The molecule has 0 radical (unpaired) electrons. The highest BCUT2D eigenvalue weighted by atomic mass is 79.9. The molecule has 0 spiro atoms. The van der Waals surface area contributed by atoms with E-state index >= 15 is 0 Å². The van der Waals surface area contributed by atoms with Gasteiger partial charge in [0.05, 0.1) is 22.5 Å². The van der Waals surface area contributed by atoms with Gasteiger partial charge in [0.1, 0.15) is 0 Å². The molecule has 0 unspecified atom stereocenters. The molecule has 0 saturated heterocycles. The molecule has 0 fully saturated rings. The molecule has 4 rings (SSSR count). The second kappa shape index (κ2) is 7.00. The third-order valence-electron chi connectivity index (χ3n) is 4.54. The summed E-state index contributed by atoms with van der Waals surface area (Å²) in [5.41, 5.74) is 7.72. The van der Waals surface area contributed by atoms with Crippen molar-refractivity contribution in [2.24, 2.45) is 0 Å². The molecule has 0 bridgehead atoms. The molecule has 5 nitrogen and oxygen atoms in total. The van der Waals surface area contributed by atoms with Crippen molar-refractivity contribution < 1.29 is 14.4 Å². The summed E-state index contributed by atoms with van der Waals surface area (Å²) in [5, 5.41) is 2.74. The van der Waals surface area contributed by atoms with Gasteiger partial charge in [0.2, 0.25) is 0 Å². The number of carbonyl (C=O) groups is 3. The molecule has 28 heavy (non-hydrogen) atoms. The standard InChI is InChI=1S/C21H12Br2N2O3/c22-11-7-5-10(6-8-11)21(28)25-15-9-14(23)18(24)17-16(15)19(26)12-3-1-2-4-13(12)20(17)27/h1-9H,24H2,(H,25,28). The maximum absolute atomic E-state index is 13.1. The van der Waals surface area contributed by atoms with Gasteiger partial charge in [-0.1, -0.05) is 40.2 Å². The van der Waals surface area contributed by atoms with E-state index in [1.54, 1.807) is 54.6 Å². The number of nitrogen functional groups attached to an aromatic ring is 1. The zero-order valence-corrected chi connectivity index (χ0v) is 17.4. The maximum atomic E-state index is 13.1. The highest BCUT2D eigenvalue weighted by Gasteiger charge is 2.34. The number of ketones is 2. The molecule has 3 N–H and O–H groups in total. The molecule has 0 aliphatic heterocycles. The summed E-state index contributed by atoms with van der Waals surface area (Å²) in [6.45, 7) is 0. The van der Waals surface area contributed by atoms with Gasteiger partial charge < -0.3 is 11.1 Å². The maximum Gasteiger partial charge on any atom is 0.255 e. The highest BCUT2D eigenvalue weighted by Crippen LogP contribution is 2.39. The topological polar surface area (TPSA) is 89.3 Å². The SMILES string of the molecule is Nc1c(Br)cc(NC(=O)c2ccc(Br)cc2)c2c1C(=O)c1ccccc1C2=O. The van der Waals surface area contributed by atoms with E-state index in [0.717, 1.165) is 4.47 Å². The minimum atomic E-state index is -0.398. The molecule has 138 valence electrons. The van der Waals surface area contributed by atoms with Gasteiger partial charge in [0, 0.05) is 25.6 Å². The Morgan fingerprint density at radius 3 is 2.04 bits per heavy atom. The fourth-order valence-electron chi connectivity index (χ4n) is 3.18. The van der Waals surface area contributed by atoms with Crippen LogP contribution in [-0.4, -0.2) is 17.5 Å². The van der Waals surface area contributed by atoms with E-state index < -0.39 is 5.91 Å². The third-order valence-corrected chi connectivity index (χ3v) is 5.73. The first kappa shape index (κ1) is 18.6. The Labute approximate surface area is 177 Å². The predicted octanol–water partition coefficient (Wildman–Crippen LogP) is 4.82. The van der Waals surface area contributed by atoms with Crippen LogP contribution < -0.4 is 11.1 Å². The number of hydrogen-bond acceptors (Lipinski definition) is 4. The minimum Gasteiger partial charge on any atom is -0.397 e. The zero-order valence-electron chi connectivity index (χ0n) is 14.3. The van der Waals surface area contributed by atoms with Gasteiger partial charge in [-0.05, 0) is 46.3 Å². The number of rotatable bonds is 2. The molecule has 3 aromatic carbocycles. The summed E-state index contributed by atoms with van der Waals surface area (Å²) < 4.78 is 1.27. The number of benzene rings is 3. The van der Waals surface area contributed by atoms with Crippen LogP contribution in [-0.2, 0) is 0 Å². The number of hydrogen-bond donors (Lipinski definition) is 2. The van der Waals surface area contributed by atoms with Gasteiger partial charge >= 0.3 is 0 Å². The normalized spacial score (nSPS) is 12.4. The molecule has 1 aliphatic carbocycles. The molecule has 0 atom stereocenters. The third kappa shape index (κ3) is 2.96. The molecule has 3 aromatic rings. The second-order valence-corrected chi connectivity index (χ2v) is 8.00. The van der Waals surface area contributed by atoms with Crippen molar-refractivity contribution >= 4 is 60.7 Å². The van der Waals surface area contributed by atoms with Crippen LogP contribution in [0.1, 0.15) is 42.2 Å². The first-order valence-corrected chi connectivity index (χ1v) is 9.84. The van der Waals surface area contributed by atoms with Gasteiger partial charge in [-0.25, -0.2) is 0 Å². The highest BCUT2D eigenvalue weighted by molar-refractivity contribution is 9.10. The van der Waals surface area contributed by atoms with E-state index in [-0.39, 0.29) is 34.1 Å².